The molecule has 2 aromatic rings. The van der Waals surface area contributed by atoms with Gasteiger partial charge in [-0.3, -0.25) is 14.5 Å². The van der Waals surface area contributed by atoms with Gasteiger partial charge < -0.3 is 10.0 Å². The van der Waals surface area contributed by atoms with Crippen LogP contribution in [-0.2, 0) is 22.4 Å². The van der Waals surface area contributed by atoms with Gasteiger partial charge in [0, 0.05) is 28.5 Å². The summed E-state index contributed by atoms with van der Waals surface area (Å²) in [4.78, 5) is 29.8. The average Bonchev–Trinajstić information content (AvgIpc) is 3.29. The zero-order valence-electron chi connectivity index (χ0n) is 16.2. The Bertz CT molecular complexity index is 1070. The molecule has 0 bridgehead atoms. The Balaban J connectivity index is 1.43. The minimum atomic E-state index is -1.07. The lowest BCUT2D eigenvalue weighted by molar-refractivity contribution is -0.140. The van der Waals surface area contributed by atoms with Gasteiger partial charge in [-0.2, -0.15) is 0 Å². The molecule has 1 aromatic heterocycles. The van der Waals surface area contributed by atoms with Gasteiger partial charge in [0.2, 0.25) is 0 Å². The van der Waals surface area contributed by atoms with Crippen molar-refractivity contribution >= 4 is 63.3 Å². The average molecular weight is 457 g/mol. The maximum atomic E-state index is 12.5. The van der Waals surface area contributed by atoms with Crippen LogP contribution in [0.3, 0.4) is 0 Å². The first kappa shape index (κ1) is 19.8. The van der Waals surface area contributed by atoms with Gasteiger partial charge in [-0.25, -0.2) is 0 Å². The molecule has 5 nitrogen and oxygen atoms in total. The molecule has 0 atom stereocenters. The summed E-state index contributed by atoms with van der Waals surface area (Å²) in [5.74, 6) is -1.40. The van der Waals surface area contributed by atoms with Gasteiger partial charge in [-0.05, 0) is 72.7 Å². The number of thiophene rings is 1. The molecule has 1 saturated heterocycles. The van der Waals surface area contributed by atoms with E-state index in [0.29, 0.717) is 9.23 Å². The Morgan fingerprint density at radius 3 is 2.53 bits per heavy atom. The van der Waals surface area contributed by atoms with Gasteiger partial charge in [0.05, 0.1) is 4.91 Å². The number of carboxylic acids is 1. The van der Waals surface area contributed by atoms with Crippen molar-refractivity contribution < 1.29 is 14.7 Å². The number of amides is 1. The van der Waals surface area contributed by atoms with Crippen molar-refractivity contribution in [3.63, 3.8) is 0 Å². The normalized spacial score (nSPS) is 19.5. The third kappa shape index (κ3) is 3.57. The molecule has 0 saturated carbocycles. The summed E-state index contributed by atoms with van der Waals surface area (Å²) in [5.41, 5.74) is 5.63. The number of aryl methyl sites for hydroxylation is 2. The molecule has 4 heterocycles. The minimum absolute atomic E-state index is 0.295. The largest absolute Gasteiger partial charge is 0.480 e. The molecule has 3 aliphatic heterocycles. The molecule has 0 spiro atoms. The van der Waals surface area contributed by atoms with Crippen molar-refractivity contribution in [2.75, 3.05) is 24.5 Å². The van der Waals surface area contributed by atoms with Crippen LogP contribution < -0.4 is 4.90 Å². The molecule has 0 aliphatic carbocycles. The molecule has 1 amide bonds. The van der Waals surface area contributed by atoms with Gasteiger partial charge in [0.25, 0.3) is 5.91 Å². The highest BCUT2D eigenvalue weighted by Gasteiger charge is 2.33. The van der Waals surface area contributed by atoms with E-state index in [4.69, 9.17) is 17.3 Å². The minimum Gasteiger partial charge on any atom is -0.480 e. The van der Waals surface area contributed by atoms with Crippen molar-refractivity contribution in [3.8, 4) is 10.4 Å². The molecule has 0 unspecified atom stereocenters. The standard InChI is InChI=1S/C22H20N2O3S3/c25-19(26)12-24-21(27)18(30-22(24)28)11-16-5-6-17(29-16)15-9-13-3-1-7-23-8-2-4-14(10-15)20(13)23/h5-6,9-11H,1-4,7-8,12H2,(H,25,26)/b18-11-. The quantitative estimate of drug-likeness (QED) is 0.544. The molecular formula is C22H20N2O3S3. The first-order chi connectivity index (χ1) is 14.5. The number of hydrogen-bond donors (Lipinski definition) is 1. The maximum absolute atomic E-state index is 12.5. The Kier molecular flexibility index (Phi) is 5.16. The van der Waals surface area contributed by atoms with Crippen molar-refractivity contribution in [1.29, 1.82) is 0 Å². The maximum Gasteiger partial charge on any atom is 0.323 e. The van der Waals surface area contributed by atoms with Crippen LogP contribution in [0.5, 0.6) is 0 Å². The lowest BCUT2D eigenvalue weighted by atomic mass is 9.90. The molecule has 30 heavy (non-hydrogen) atoms. The summed E-state index contributed by atoms with van der Waals surface area (Å²) in [6, 6.07) is 8.78. The number of carbonyl (C=O) groups is 2. The number of thioether (sulfide) groups is 1. The molecule has 3 aliphatic rings. The second-order valence-corrected chi connectivity index (χ2v) is 10.5. The summed E-state index contributed by atoms with van der Waals surface area (Å²) in [6.07, 6.45) is 6.51. The molecule has 8 heteroatoms. The van der Waals surface area contributed by atoms with E-state index in [0.717, 1.165) is 34.4 Å². The van der Waals surface area contributed by atoms with Crippen LogP contribution in [0, 0.1) is 0 Å². The summed E-state index contributed by atoms with van der Waals surface area (Å²) < 4.78 is 0.295. The first-order valence-electron chi connectivity index (χ1n) is 9.98. The van der Waals surface area contributed by atoms with E-state index in [1.54, 1.807) is 11.3 Å². The predicted octanol–water partition coefficient (Wildman–Crippen LogP) is 4.40. The number of aliphatic carboxylic acids is 1. The smallest absolute Gasteiger partial charge is 0.323 e. The lowest BCUT2D eigenvalue weighted by Crippen LogP contribution is -2.34. The topological polar surface area (TPSA) is 60.9 Å². The monoisotopic (exact) mass is 456 g/mol. The molecule has 154 valence electrons. The Morgan fingerprint density at radius 2 is 1.87 bits per heavy atom. The van der Waals surface area contributed by atoms with Crippen molar-refractivity contribution in [1.82, 2.24) is 4.90 Å². The zero-order valence-corrected chi connectivity index (χ0v) is 18.7. The number of nitrogens with zero attached hydrogens (tertiary/aromatic N) is 2. The summed E-state index contributed by atoms with van der Waals surface area (Å²) in [5, 5.41) is 8.98. The van der Waals surface area contributed by atoms with Crippen LogP contribution in [0.15, 0.2) is 29.2 Å². The SMILES string of the molecule is O=C(O)CN1C(=O)/C(=C/c2ccc(-c3cc4c5c(c3)CCCN5CCC4)s2)SC1=S. The van der Waals surface area contributed by atoms with E-state index in [-0.39, 0.29) is 5.91 Å². The van der Waals surface area contributed by atoms with Crippen LogP contribution in [-0.4, -0.2) is 45.8 Å². The Hall–Kier alpha value is -2.16. The number of carboxylic acid groups (broad SMARTS) is 1. The zero-order chi connectivity index (χ0) is 20.8. The number of rotatable bonds is 4. The van der Waals surface area contributed by atoms with Crippen LogP contribution in [0.4, 0.5) is 5.69 Å². The third-order valence-electron chi connectivity index (χ3n) is 5.68. The first-order valence-corrected chi connectivity index (χ1v) is 12.0. The van der Waals surface area contributed by atoms with Gasteiger partial charge in [0.15, 0.2) is 0 Å². The third-order valence-corrected chi connectivity index (χ3v) is 8.14. The van der Waals surface area contributed by atoms with Gasteiger partial charge >= 0.3 is 5.97 Å². The summed E-state index contributed by atoms with van der Waals surface area (Å²) in [7, 11) is 0. The number of benzene rings is 1. The number of hydrogen-bond acceptors (Lipinski definition) is 6. The Morgan fingerprint density at radius 1 is 1.17 bits per heavy atom. The van der Waals surface area contributed by atoms with Gasteiger partial charge in [-0.15, -0.1) is 11.3 Å². The van der Waals surface area contributed by atoms with Gasteiger partial charge in [-0.1, -0.05) is 24.0 Å². The highest BCUT2D eigenvalue weighted by molar-refractivity contribution is 8.26. The van der Waals surface area contributed by atoms with E-state index >= 15 is 0 Å². The second-order valence-electron chi connectivity index (χ2n) is 7.70. The lowest BCUT2D eigenvalue weighted by Gasteiger charge is -2.37. The summed E-state index contributed by atoms with van der Waals surface area (Å²) in [6.45, 7) is 1.94. The van der Waals surface area contributed by atoms with E-state index < -0.39 is 12.5 Å². The molecular weight excluding hydrogens is 436 g/mol. The Labute approximate surface area is 188 Å². The van der Waals surface area contributed by atoms with E-state index in [2.05, 4.69) is 23.1 Å². The molecule has 5 rings (SSSR count). The number of anilines is 1. The fourth-order valence-corrected chi connectivity index (χ4v) is 6.69. The molecule has 1 N–H and O–H groups in total. The van der Waals surface area contributed by atoms with Crippen molar-refractivity contribution in [3.05, 3.63) is 45.2 Å². The van der Waals surface area contributed by atoms with Crippen LogP contribution in [0.25, 0.3) is 16.5 Å². The predicted molar refractivity (Wildman–Crippen MR) is 126 cm³/mol. The van der Waals surface area contributed by atoms with E-state index in [1.807, 2.05) is 12.1 Å². The fraction of sp³-hybridized carbons (Fsp3) is 0.318. The van der Waals surface area contributed by atoms with Crippen LogP contribution >= 0.6 is 35.3 Å². The fourth-order valence-electron chi connectivity index (χ4n) is 4.43. The van der Waals surface area contributed by atoms with E-state index in [1.165, 1.54) is 53.2 Å². The van der Waals surface area contributed by atoms with Gasteiger partial charge in [0.1, 0.15) is 10.9 Å². The van der Waals surface area contributed by atoms with Crippen LogP contribution in [0.1, 0.15) is 28.8 Å². The number of carbonyl (C=O) groups excluding carboxylic acids is 1. The number of thiocarbonyl (C=S) groups is 1. The highest BCUT2D eigenvalue weighted by Crippen LogP contribution is 2.41. The molecule has 1 aromatic carbocycles. The highest BCUT2D eigenvalue weighted by atomic mass is 32.2. The summed E-state index contributed by atoms with van der Waals surface area (Å²) >= 11 is 7.98. The molecule has 1 fully saturated rings. The second kappa shape index (κ2) is 7.83. The van der Waals surface area contributed by atoms with E-state index in [9.17, 15) is 9.59 Å². The molecule has 0 radical (unpaired) electrons. The van der Waals surface area contributed by atoms with Crippen LogP contribution in [0.2, 0.25) is 0 Å². The van der Waals surface area contributed by atoms with Crippen molar-refractivity contribution in [2.24, 2.45) is 0 Å². The van der Waals surface area contributed by atoms with Crippen molar-refractivity contribution in [2.45, 2.75) is 25.7 Å².